The van der Waals surface area contributed by atoms with Crippen molar-refractivity contribution in [2.75, 3.05) is 6.26 Å². The fourth-order valence-electron chi connectivity index (χ4n) is 2.78. The van der Waals surface area contributed by atoms with E-state index in [0.29, 0.717) is 0 Å². The molecule has 0 aliphatic rings. The van der Waals surface area contributed by atoms with E-state index in [2.05, 4.69) is 86.9 Å². The third kappa shape index (κ3) is 6.41. The van der Waals surface area contributed by atoms with E-state index in [1.54, 1.807) is 0 Å². The van der Waals surface area contributed by atoms with Gasteiger partial charge in [0.25, 0.3) is 0 Å². The predicted molar refractivity (Wildman–Crippen MR) is 110 cm³/mol. The SMILES string of the molecule is CC/C=C\C(C)=C/c1cccc(CCCc2cccc(SC)c2)c1. The Morgan fingerprint density at radius 2 is 1.71 bits per heavy atom. The van der Waals surface area contributed by atoms with Gasteiger partial charge in [0.2, 0.25) is 0 Å². The summed E-state index contributed by atoms with van der Waals surface area (Å²) in [4.78, 5) is 1.36. The Bertz CT molecular complexity index is 695. The maximum Gasteiger partial charge on any atom is 0.00718 e. The summed E-state index contributed by atoms with van der Waals surface area (Å²) in [6.45, 7) is 4.33. The molecule has 0 N–H and O–H groups in total. The predicted octanol–water partition coefficient (Wildman–Crippen LogP) is 6.95. The fourth-order valence-corrected chi connectivity index (χ4v) is 3.26. The van der Waals surface area contributed by atoms with E-state index >= 15 is 0 Å². The van der Waals surface area contributed by atoms with Gasteiger partial charge in [-0.2, -0.15) is 0 Å². The van der Waals surface area contributed by atoms with Gasteiger partial charge in [0.1, 0.15) is 0 Å². The summed E-state index contributed by atoms with van der Waals surface area (Å²) >= 11 is 1.81. The zero-order chi connectivity index (χ0) is 17.2. The van der Waals surface area contributed by atoms with Gasteiger partial charge in [0.05, 0.1) is 0 Å². The summed E-state index contributed by atoms with van der Waals surface area (Å²) in [7, 11) is 0. The Hall–Kier alpha value is -1.73. The zero-order valence-corrected chi connectivity index (χ0v) is 15.9. The van der Waals surface area contributed by atoms with Crippen LogP contribution < -0.4 is 0 Å². The normalized spacial score (nSPS) is 12.0. The second-order valence-corrected chi connectivity index (χ2v) is 7.03. The number of aryl methyl sites for hydroxylation is 2. The Morgan fingerprint density at radius 3 is 2.42 bits per heavy atom. The number of hydrogen-bond acceptors (Lipinski definition) is 1. The van der Waals surface area contributed by atoms with E-state index in [-0.39, 0.29) is 0 Å². The molecule has 0 amide bonds. The second kappa shape index (κ2) is 10.2. The van der Waals surface area contributed by atoms with Crippen LogP contribution in [0.25, 0.3) is 6.08 Å². The maximum absolute atomic E-state index is 2.32. The average Bonchev–Trinajstić information content (AvgIpc) is 2.60. The molecule has 0 saturated carbocycles. The molecule has 0 aromatic heterocycles. The molecule has 2 aromatic rings. The van der Waals surface area contributed by atoms with E-state index in [1.807, 2.05) is 11.8 Å². The van der Waals surface area contributed by atoms with Gasteiger partial charge >= 0.3 is 0 Å². The molecule has 0 atom stereocenters. The van der Waals surface area contributed by atoms with Crippen LogP contribution in [0.3, 0.4) is 0 Å². The van der Waals surface area contributed by atoms with Crippen molar-refractivity contribution in [2.24, 2.45) is 0 Å². The molecule has 0 radical (unpaired) electrons. The van der Waals surface area contributed by atoms with Gasteiger partial charge in [-0.15, -0.1) is 11.8 Å². The Kier molecular flexibility index (Phi) is 7.91. The minimum atomic E-state index is 1.09. The quantitative estimate of drug-likeness (QED) is 0.371. The molecule has 1 heteroatoms. The topological polar surface area (TPSA) is 0 Å². The molecule has 126 valence electrons. The minimum Gasteiger partial charge on any atom is -0.130 e. The first-order chi connectivity index (χ1) is 11.7. The van der Waals surface area contributed by atoms with Gasteiger partial charge in [-0.05, 0) is 67.7 Å². The molecule has 0 bridgehead atoms. The summed E-state index contributed by atoms with van der Waals surface area (Å²) in [6.07, 6.45) is 13.4. The highest BCUT2D eigenvalue weighted by Crippen LogP contribution is 2.18. The van der Waals surface area contributed by atoms with Crippen molar-refractivity contribution in [3.8, 4) is 0 Å². The van der Waals surface area contributed by atoms with Crippen molar-refractivity contribution >= 4 is 17.8 Å². The van der Waals surface area contributed by atoms with Crippen molar-refractivity contribution in [1.82, 2.24) is 0 Å². The molecule has 0 spiro atoms. The summed E-state index contributed by atoms with van der Waals surface area (Å²) < 4.78 is 0. The molecule has 0 aliphatic carbocycles. The smallest absolute Gasteiger partial charge is 0.00718 e. The first-order valence-electron chi connectivity index (χ1n) is 8.78. The van der Waals surface area contributed by atoms with Gasteiger partial charge in [0.15, 0.2) is 0 Å². The molecular weight excluding hydrogens is 308 g/mol. The molecule has 0 nitrogen and oxygen atoms in total. The van der Waals surface area contributed by atoms with Gasteiger partial charge < -0.3 is 0 Å². The maximum atomic E-state index is 2.32. The summed E-state index contributed by atoms with van der Waals surface area (Å²) in [5, 5.41) is 0. The molecule has 0 heterocycles. The first-order valence-corrected chi connectivity index (χ1v) is 10.0. The van der Waals surface area contributed by atoms with Crippen molar-refractivity contribution < 1.29 is 0 Å². The Morgan fingerprint density at radius 1 is 1.00 bits per heavy atom. The molecular formula is C23H28S. The Labute approximate surface area is 151 Å². The largest absolute Gasteiger partial charge is 0.130 e. The zero-order valence-electron chi connectivity index (χ0n) is 15.1. The lowest BCUT2D eigenvalue weighted by Gasteiger charge is -2.05. The Balaban J connectivity index is 1.93. The first kappa shape index (κ1) is 18.6. The van der Waals surface area contributed by atoms with Crippen LogP contribution in [0.5, 0.6) is 0 Å². The van der Waals surface area contributed by atoms with Gasteiger partial charge in [-0.3, -0.25) is 0 Å². The van der Waals surface area contributed by atoms with E-state index in [1.165, 1.54) is 33.6 Å². The minimum absolute atomic E-state index is 1.09. The standard InChI is InChI=1S/C23H28S/c1-4-5-9-19(2)16-22-14-7-11-20(17-22)10-6-12-21-13-8-15-23(18-21)24-3/h5,7-9,11,13-18H,4,6,10,12H2,1-3H3/b9-5-,19-16-. The molecule has 0 unspecified atom stereocenters. The molecule has 0 saturated heterocycles. The van der Waals surface area contributed by atoms with Crippen LogP contribution >= 0.6 is 11.8 Å². The third-order valence-corrected chi connectivity index (χ3v) is 4.75. The molecule has 2 aromatic carbocycles. The number of thioether (sulfide) groups is 1. The highest BCUT2D eigenvalue weighted by atomic mass is 32.2. The van der Waals surface area contributed by atoms with Crippen LogP contribution in [0, 0.1) is 0 Å². The second-order valence-electron chi connectivity index (χ2n) is 6.15. The summed E-state index contributed by atoms with van der Waals surface area (Å²) in [6, 6.07) is 17.8. The van der Waals surface area contributed by atoms with Crippen LogP contribution in [-0.2, 0) is 12.8 Å². The number of allylic oxidation sites excluding steroid dienone is 3. The molecule has 0 fully saturated rings. The lowest BCUT2D eigenvalue weighted by atomic mass is 10.0. The number of rotatable bonds is 8. The average molecular weight is 337 g/mol. The lowest BCUT2D eigenvalue weighted by molar-refractivity contribution is 0.818. The van der Waals surface area contributed by atoms with Crippen LogP contribution in [-0.4, -0.2) is 6.26 Å². The van der Waals surface area contributed by atoms with E-state index in [9.17, 15) is 0 Å². The van der Waals surface area contributed by atoms with Crippen molar-refractivity contribution in [2.45, 2.75) is 44.4 Å². The summed E-state index contributed by atoms with van der Waals surface area (Å²) in [5.41, 5.74) is 5.48. The third-order valence-electron chi connectivity index (χ3n) is 4.03. The van der Waals surface area contributed by atoms with Crippen molar-refractivity contribution in [3.05, 3.63) is 82.9 Å². The highest BCUT2D eigenvalue weighted by molar-refractivity contribution is 7.98. The van der Waals surface area contributed by atoms with Crippen LogP contribution in [0.1, 0.15) is 43.4 Å². The van der Waals surface area contributed by atoms with Crippen LogP contribution in [0.4, 0.5) is 0 Å². The fraction of sp³-hybridized carbons (Fsp3) is 0.304. The van der Waals surface area contributed by atoms with E-state index < -0.39 is 0 Å². The number of hydrogen-bond donors (Lipinski definition) is 0. The highest BCUT2D eigenvalue weighted by Gasteiger charge is 1.98. The summed E-state index contributed by atoms with van der Waals surface area (Å²) in [5.74, 6) is 0. The molecule has 2 rings (SSSR count). The van der Waals surface area contributed by atoms with Gasteiger partial charge in [0, 0.05) is 4.90 Å². The van der Waals surface area contributed by atoms with E-state index in [0.717, 1.165) is 19.3 Å². The number of benzene rings is 2. The van der Waals surface area contributed by atoms with Gasteiger partial charge in [-0.1, -0.05) is 67.1 Å². The monoisotopic (exact) mass is 336 g/mol. The van der Waals surface area contributed by atoms with Crippen molar-refractivity contribution in [3.63, 3.8) is 0 Å². The van der Waals surface area contributed by atoms with Crippen LogP contribution in [0.15, 0.2) is 71.2 Å². The molecule has 24 heavy (non-hydrogen) atoms. The van der Waals surface area contributed by atoms with Gasteiger partial charge in [-0.25, -0.2) is 0 Å². The van der Waals surface area contributed by atoms with Crippen molar-refractivity contribution in [1.29, 1.82) is 0 Å². The lowest BCUT2D eigenvalue weighted by Crippen LogP contribution is -1.91. The van der Waals surface area contributed by atoms with Crippen LogP contribution in [0.2, 0.25) is 0 Å². The molecule has 0 aliphatic heterocycles. The van der Waals surface area contributed by atoms with E-state index in [4.69, 9.17) is 0 Å².